The molecule has 0 aromatic carbocycles. The van der Waals surface area contributed by atoms with Crippen molar-refractivity contribution >= 4 is 5.91 Å². The van der Waals surface area contributed by atoms with Crippen LogP contribution in [-0.2, 0) is 9.53 Å². The maximum Gasteiger partial charge on any atom is 0.244 e. The predicted octanol–water partition coefficient (Wildman–Crippen LogP) is 0.722. The number of carbonyl (C=O) groups is 1. The third-order valence-electron chi connectivity index (χ3n) is 1.63. The predicted molar refractivity (Wildman–Crippen MR) is 41.6 cm³/mol. The molecule has 60 valence electrons. The summed E-state index contributed by atoms with van der Waals surface area (Å²) in [6.07, 6.45) is 5.18. The van der Waals surface area contributed by atoms with Crippen molar-refractivity contribution in [3.8, 4) is 0 Å². The largest absolute Gasteiger partial charge is 0.497 e. The van der Waals surface area contributed by atoms with Gasteiger partial charge in [0.2, 0.25) is 5.91 Å². The van der Waals surface area contributed by atoms with Gasteiger partial charge in [-0.1, -0.05) is 0 Å². The second-order valence-corrected chi connectivity index (χ2v) is 2.38. The second-order valence-electron chi connectivity index (χ2n) is 2.38. The van der Waals surface area contributed by atoms with Gasteiger partial charge in [-0.3, -0.25) is 4.79 Å². The lowest BCUT2D eigenvalue weighted by molar-refractivity contribution is -0.114. The molecule has 0 heterocycles. The summed E-state index contributed by atoms with van der Waals surface area (Å²) in [4.78, 5) is 10.7. The van der Waals surface area contributed by atoms with Crippen LogP contribution in [-0.4, -0.2) is 13.0 Å². The zero-order valence-corrected chi connectivity index (χ0v) is 6.46. The number of amides is 1. The van der Waals surface area contributed by atoms with Crippen molar-refractivity contribution in [3.05, 3.63) is 23.5 Å². The number of hydrogen-bond donors (Lipinski definition) is 1. The van der Waals surface area contributed by atoms with Crippen molar-refractivity contribution in [2.75, 3.05) is 7.11 Å². The maximum absolute atomic E-state index is 10.7. The lowest BCUT2D eigenvalue weighted by Crippen LogP contribution is -2.15. The van der Waals surface area contributed by atoms with E-state index in [0.717, 1.165) is 18.6 Å². The van der Waals surface area contributed by atoms with Crippen LogP contribution >= 0.6 is 0 Å². The maximum atomic E-state index is 10.7. The summed E-state index contributed by atoms with van der Waals surface area (Å²) >= 11 is 0. The van der Waals surface area contributed by atoms with Crippen LogP contribution in [0.5, 0.6) is 0 Å². The highest BCUT2D eigenvalue weighted by Gasteiger charge is 2.09. The van der Waals surface area contributed by atoms with Crippen LogP contribution in [0.15, 0.2) is 23.5 Å². The second kappa shape index (κ2) is 3.23. The van der Waals surface area contributed by atoms with Crippen molar-refractivity contribution in [3.63, 3.8) is 0 Å². The monoisotopic (exact) mass is 153 g/mol. The Morgan fingerprint density at radius 2 is 2.45 bits per heavy atom. The van der Waals surface area contributed by atoms with Crippen molar-refractivity contribution in [1.29, 1.82) is 0 Å². The molecule has 0 aromatic heterocycles. The van der Waals surface area contributed by atoms with E-state index in [1.54, 1.807) is 13.2 Å². The minimum Gasteiger partial charge on any atom is -0.497 e. The number of allylic oxidation sites excluding steroid dienone is 2. The van der Waals surface area contributed by atoms with Crippen LogP contribution in [0, 0.1) is 0 Å². The SMILES string of the molecule is COC1=CCCC(C(N)=O)=C1. The van der Waals surface area contributed by atoms with Gasteiger partial charge in [-0.15, -0.1) is 0 Å². The van der Waals surface area contributed by atoms with Gasteiger partial charge in [0.05, 0.1) is 7.11 Å². The molecule has 0 unspecified atom stereocenters. The summed E-state index contributed by atoms with van der Waals surface area (Å²) in [5.41, 5.74) is 5.74. The van der Waals surface area contributed by atoms with Crippen LogP contribution in [0.4, 0.5) is 0 Å². The van der Waals surface area contributed by atoms with E-state index in [1.807, 2.05) is 6.08 Å². The minimum atomic E-state index is -0.354. The molecule has 0 saturated carbocycles. The molecule has 1 aliphatic rings. The molecule has 0 fully saturated rings. The van der Waals surface area contributed by atoms with E-state index in [2.05, 4.69) is 0 Å². The Morgan fingerprint density at radius 1 is 1.73 bits per heavy atom. The molecule has 0 aliphatic heterocycles. The van der Waals surface area contributed by atoms with Crippen LogP contribution in [0.25, 0.3) is 0 Å². The van der Waals surface area contributed by atoms with Gasteiger partial charge in [0.1, 0.15) is 5.76 Å². The van der Waals surface area contributed by atoms with Gasteiger partial charge in [0.25, 0.3) is 0 Å². The highest BCUT2D eigenvalue weighted by molar-refractivity contribution is 5.92. The Labute approximate surface area is 65.5 Å². The Balaban J connectivity index is 2.76. The van der Waals surface area contributed by atoms with Crippen LogP contribution in [0.2, 0.25) is 0 Å². The lowest BCUT2D eigenvalue weighted by Gasteiger charge is -2.09. The summed E-state index contributed by atoms with van der Waals surface area (Å²) in [5, 5.41) is 0. The number of methoxy groups -OCH3 is 1. The highest BCUT2D eigenvalue weighted by atomic mass is 16.5. The Bertz CT molecular complexity index is 228. The first-order valence-corrected chi connectivity index (χ1v) is 3.48. The molecule has 3 heteroatoms. The Hall–Kier alpha value is -1.25. The molecular weight excluding hydrogens is 142 g/mol. The fraction of sp³-hybridized carbons (Fsp3) is 0.375. The first-order chi connectivity index (χ1) is 5.24. The third-order valence-corrected chi connectivity index (χ3v) is 1.63. The van der Waals surface area contributed by atoms with E-state index < -0.39 is 0 Å². The smallest absolute Gasteiger partial charge is 0.244 e. The van der Waals surface area contributed by atoms with Gasteiger partial charge in [0.15, 0.2) is 0 Å². The van der Waals surface area contributed by atoms with Gasteiger partial charge >= 0.3 is 0 Å². The zero-order chi connectivity index (χ0) is 8.27. The number of ether oxygens (including phenoxy) is 1. The number of primary amides is 1. The third kappa shape index (κ3) is 1.83. The van der Waals surface area contributed by atoms with E-state index >= 15 is 0 Å². The lowest BCUT2D eigenvalue weighted by atomic mass is 10.0. The molecule has 1 aliphatic carbocycles. The van der Waals surface area contributed by atoms with Crippen LogP contribution in [0.1, 0.15) is 12.8 Å². The van der Waals surface area contributed by atoms with Crippen molar-refractivity contribution in [2.24, 2.45) is 5.73 Å². The van der Waals surface area contributed by atoms with Crippen LogP contribution < -0.4 is 5.73 Å². The Morgan fingerprint density at radius 3 is 3.00 bits per heavy atom. The number of nitrogens with two attached hydrogens (primary N) is 1. The summed E-state index contributed by atoms with van der Waals surface area (Å²) in [6, 6.07) is 0. The van der Waals surface area contributed by atoms with Crippen molar-refractivity contribution in [1.82, 2.24) is 0 Å². The van der Waals surface area contributed by atoms with E-state index in [-0.39, 0.29) is 5.91 Å². The summed E-state index contributed by atoms with van der Waals surface area (Å²) in [7, 11) is 1.58. The van der Waals surface area contributed by atoms with E-state index in [9.17, 15) is 4.79 Å². The first-order valence-electron chi connectivity index (χ1n) is 3.48. The first kappa shape index (κ1) is 7.85. The van der Waals surface area contributed by atoms with Crippen LogP contribution in [0.3, 0.4) is 0 Å². The average molecular weight is 153 g/mol. The van der Waals surface area contributed by atoms with Gasteiger partial charge < -0.3 is 10.5 Å². The summed E-state index contributed by atoms with van der Waals surface area (Å²) in [5.74, 6) is 0.373. The molecule has 0 aromatic rings. The molecule has 3 nitrogen and oxygen atoms in total. The fourth-order valence-electron chi connectivity index (χ4n) is 1.01. The molecule has 0 atom stereocenters. The molecule has 0 spiro atoms. The number of carbonyl (C=O) groups excluding carboxylic acids is 1. The molecule has 2 N–H and O–H groups in total. The number of rotatable bonds is 2. The van der Waals surface area contributed by atoms with E-state index in [4.69, 9.17) is 10.5 Å². The van der Waals surface area contributed by atoms with Gasteiger partial charge in [-0.25, -0.2) is 0 Å². The Kier molecular flexibility index (Phi) is 2.31. The topological polar surface area (TPSA) is 52.3 Å². The van der Waals surface area contributed by atoms with Gasteiger partial charge in [-0.2, -0.15) is 0 Å². The molecule has 0 bridgehead atoms. The van der Waals surface area contributed by atoms with Crippen molar-refractivity contribution in [2.45, 2.75) is 12.8 Å². The molecule has 1 rings (SSSR count). The highest BCUT2D eigenvalue weighted by Crippen LogP contribution is 2.16. The average Bonchev–Trinajstić information content (AvgIpc) is 2.05. The van der Waals surface area contributed by atoms with E-state index in [1.165, 1.54) is 0 Å². The standard InChI is InChI=1S/C8H11NO2/c1-11-7-4-2-3-6(5-7)8(9)10/h4-5H,2-3H2,1H3,(H2,9,10). The normalized spacial score (nSPS) is 16.8. The minimum absolute atomic E-state index is 0.354. The zero-order valence-electron chi connectivity index (χ0n) is 6.46. The van der Waals surface area contributed by atoms with Crippen molar-refractivity contribution < 1.29 is 9.53 Å². The molecule has 11 heavy (non-hydrogen) atoms. The molecule has 0 radical (unpaired) electrons. The fourth-order valence-corrected chi connectivity index (χ4v) is 1.01. The summed E-state index contributed by atoms with van der Waals surface area (Å²) in [6.45, 7) is 0. The number of hydrogen-bond acceptors (Lipinski definition) is 2. The molecule has 0 saturated heterocycles. The summed E-state index contributed by atoms with van der Waals surface area (Å²) < 4.78 is 4.95. The molecule has 1 amide bonds. The van der Waals surface area contributed by atoms with Gasteiger partial charge in [0, 0.05) is 5.57 Å². The van der Waals surface area contributed by atoms with Gasteiger partial charge in [-0.05, 0) is 25.0 Å². The van der Waals surface area contributed by atoms with E-state index in [0.29, 0.717) is 5.57 Å². The quantitative estimate of drug-likeness (QED) is 0.635. The molecular formula is C8H11NO2.